The molecule has 0 aliphatic carbocycles. The van der Waals surface area contributed by atoms with E-state index in [0.717, 1.165) is 0 Å². The molecule has 0 N–H and O–H groups in total. The molecule has 0 saturated carbocycles. The van der Waals surface area contributed by atoms with Crippen molar-refractivity contribution in [1.29, 1.82) is 0 Å². The van der Waals surface area contributed by atoms with Crippen molar-refractivity contribution in [1.82, 2.24) is 10.2 Å². The van der Waals surface area contributed by atoms with Crippen LogP contribution in [0.4, 0.5) is 0 Å². The number of hydrogen-bond donors (Lipinski definition) is 0. The Hall–Kier alpha value is -1.39. The Morgan fingerprint density at radius 1 is 1.58 bits per heavy atom. The molecule has 0 saturated heterocycles. The second-order valence-corrected chi connectivity index (χ2v) is 2.11. The van der Waals surface area contributed by atoms with Gasteiger partial charge in [0.15, 0.2) is 5.69 Å². The summed E-state index contributed by atoms with van der Waals surface area (Å²) in [6, 6.07) is 3.17. The van der Waals surface area contributed by atoms with Gasteiger partial charge in [-0.3, -0.25) is 0 Å². The highest BCUT2D eigenvalue weighted by Gasteiger charge is 2.06. The number of ether oxygens (including phenoxy) is 1. The van der Waals surface area contributed by atoms with Crippen molar-refractivity contribution in [2.24, 2.45) is 0 Å². The number of hydrogen-bond acceptors (Lipinski definition) is 4. The monoisotopic (exact) mass is 162 g/mol. The highest BCUT2D eigenvalue weighted by atomic mass is 16.5. The van der Waals surface area contributed by atoms with Gasteiger partial charge in [-0.1, -0.05) is 0 Å². The fraction of sp³-hybridized carbons (Fsp3) is 0.286. The van der Waals surface area contributed by atoms with Gasteiger partial charge in [-0.15, -0.1) is 5.10 Å². The molecule has 60 valence electrons. The van der Waals surface area contributed by atoms with E-state index in [1.165, 1.54) is 13.2 Å². The molecule has 2 radical (unpaired) electrons. The summed E-state index contributed by atoms with van der Waals surface area (Å²) in [6.45, 7) is 0. The van der Waals surface area contributed by atoms with Crippen LogP contribution in [0.25, 0.3) is 0 Å². The minimum Gasteiger partial charge on any atom is -0.464 e. The second-order valence-electron chi connectivity index (χ2n) is 2.11. The summed E-state index contributed by atoms with van der Waals surface area (Å²) in [7, 11) is 6.58. The van der Waals surface area contributed by atoms with Gasteiger partial charge >= 0.3 is 5.97 Å². The number of nitrogens with zero attached hydrogens (tertiary/aromatic N) is 2. The van der Waals surface area contributed by atoms with Crippen LogP contribution in [-0.2, 0) is 11.1 Å². The van der Waals surface area contributed by atoms with Gasteiger partial charge in [0.1, 0.15) is 0 Å². The third kappa shape index (κ3) is 1.81. The van der Waals surface area contributed by atoms with Crippen LogP contribution in [-0.4, -0.2) is 31.1 Å². The zero-order valence-electron chi connectivity index (χ0n) is 6.65. The predicted molar refractivity (Wildman–Crippen MR) is 42.8 cm³/mol. The van der Waals surface area contributed by atoms with Crippen LogP contribution in [0.15, 0.2) is 12.1 Å². The molecule has 5 heteroatoms. The largest absolute Gasteiger partial charge is 0.464 e. The fourth-order valence-corrected chi connectivity index (χ4v) is 0.682. The Morgan fingerprint density at radius 3 is 2.75 bits per heavy atom. The molecule has 1 rings (SSSR count). The average molecular weight is 162 g/mol. The lowest BCUT2D eigenvalue weighted by atomic mass is 10.0. The molecule has 0 aliphatic heterocycles. The smallest absolute Gasteiger partial charge is 0.358 e. The van der Waals surface area contributed by atoms with Crippen molar-refractivity contribution in [2.75, 3.05) is 7.11 Å². The molecular weight excluding hydrogens is 155 g/mol. The molecule has 0 aromatic carbocycles. The van der Waals surface area contributed by atoms with E-state index in [1.807, 2.05) is 0 Å². The van der Waals surface area contributed by atoms with Crippen LogP contribution >= 0.6 is 0 Å². The molecule has 1 aromatic rings. The minimum absolute atomic E-state index is 0.190. The van der Waals surface area contributed by atoms with Crippen LogP contribution in [0.1, 0.15) is 16.2 Å². The van der Waals surface area contributed by atoms with Crippen LogP contribution < -0.4 is 0 Å². The van der Waals surface area contributed by atoms with E-state index < -0.39 is 5.97 Å². The van der Waals surface area contributed by atoms with Crippen molar-refractivity contribution in [3.05, 3.63) is 23.5 Å². The summed E-state index contributed by atoms with van der Waals surface area (Å²) in [5.41, 5.74) is 0.831. The van der Waals surface area contributed by atoms with E-state index >= 15 is 0 Å². The zero-order chi connectivity index (χ0) is 8.97. The maximum Gasteiger partial charge on any atom is 0.358 e. The van der Waals surface area contributed by atoms with Crippen LogP contribution in [0.5, 0.6) is 0 Å². The van der Waals surface area contributed by atoms with Crippen molar-refractivity contribution >= 4 is 13.8 Å². The van der Waals surface area contributed by atoms with E-state index in [4.69, 9.17) is 7.85 Å². The first kappa shape index (κ1) is 8.71. The quantitative estimate of drug-likeness (QED) is 0.451. The fourth-order valence-electron chi connectivity index (χ4n) is 0.682. The zero-order valence-corrected chi connectivity index (χ0v) is 6.65. The van der Waals surface area contributed by atoms with Gasteiger partial charge in [0, 0.05) is 0 Å². The highest BCUT2D eigenvalue weighted by molar-refractivity contribution is 6.08. The summed E-state index contributed by atoms with van der Waals surface area (Å²) >= 11 is 0. The number of carbonyl (C=O) groups is 1. The first-order chi connectivity index (χ1) is 5.77. The topological polar surface area (TPSA) is 52.1 Å². The first-order valence-corrected chi connectivity index (χ1v) is 3.39. The number of methoxy groups -OCH3 is 1. The van der Waals surface area contributed by atoms with Gasteiger partial charge < -0.3 is 4.74 Å². The normalized spacial score (nSPS) is 9.42. The molecule has 4 nitrogen and oxygen atoms in total. The van der Waals surface area contributed by atoms with Gasteiger partial charge in [0.25, 0.3) is 0 Å². The van der Waals surface area contributed by atoms with E-state index in [1.54, 1.807) is 6.07 Å². The molecule has 1 heterocycles. The van der Waals surface area contributed by atoms with Gasteiger partial charge in [-0.25, -0.2) is 4.79 Å². The first-order valence-electron chi connectivity index (χ1n) is 3.39. The molecule has 1 aromatic heterocycles. The van der Waals surface area contributed by atoms with Gasteiger partial charge in [-0.05, 0) is 18.5 Å². The van der Waals surface area contributed by atoms with E-state index in [2.05, 4.69) is 14.9 Å². The van der Waals surface area contributed by atoms with Crippen molar-refractivity contribution in [2.45, 2.75) is 6.32 Å². The summed E-state index contributed by atoms with van der Waals surface area (Å²) in [5, 5.41) is 7.31. The average Bonchev–Trinajstić information content (AvgIpc) is 2.17. The Morgan fingerprint density at radius 2 is 2.33 bits per heavy atom. The van der Waals surface area contributed by atoms with Gasteiger partial charge in [0.05, 0.1) is 20.7 Å². The number of esters is 1. The van der Waals surface area contributed by atoms with Gasteiger partial charge in [-0.2, -0.15) is 5.10 Å². The molecule has 0 bridgehead atoms. The molecule has 0 amide bonds. The number of carbonyl (C=O) groups excluding carboxylic acids is 1. The summed E-state index contributed by atoms with van der Waals surface area (Å²) in [4.78, 5) is 10.9. The van der Waals surface area contributed by atoms with E-state index in [9.17, 15) is 4.79 Å². The summed E-state index contributed by atoms with van der Waals surface area (Å²) in [5.74, 6) is -0.494. The summed E-state index contributed by atoms with van der Waals surface area (Å²) < 4.78 is 4.44. The highest BCUT2D eigenvalue weighted by Crippen LogP contribution is 1.97. The van der Waals surface area contributed by atoms with Crippen LogP contribution in [0.3, 0.4) is 0 Å². The standard InChI is InChI=1S/C7H7BN2O2/c1-12-7(11)6-3-2-5(4-8)9-10-6/h2-3H,4H2,1H3. The lowest BCUT2D eigenvalue weighted by Crippen LogP contribution is -2.06. The number of aromatic nitrogens is 2. The Kier molecular flexibility index (Phi) is 2.79. The lowest BCUT2D eigenvalue weighted by molar-refractivity contribution is 0.0592. The third-order valence-corrected chi connectivity index (χ3v) is 1.32. The summed E-state index contributed by atoms with van der Waals surface area (Å²) in [6.07, 6.45) is 0.314. The minimum atomic E-state index is -0.494. The maximum atomic E-state index is 10.9. The Bertz CT molecular complexity index is 273. The maximum absolute atomic E-state index is 10.9. The van der Waals surface area contributed by atoms with Gasteiger partial charge in [0.2, 0.25) is 0 Å². The molecule has 12 heavy (non-hydrogen) atoms. The molecule has 0 fully saturated rings. The van der Waals surface area contributed by atoms with Crippen molar-refractivity contribution < 1.29 is 9.53 Å². The van der Waals surface area contributed by atoms with Crippen molar-refractivity contribution in [3.63, 3.8) is 0 Å². The second kappa shape index (κ2) is 3.85. The van der Waals surface area contributed by atoms with Crippen LogP contribution in [0.2, 0.25) is 0 Å². The Balaban J connectivity index is 2.84. The molecular formula is C7H7BN2O2. The number of rotatable bonds is 2. The Labute approximate surface area is 71.4 Å². The lowest BCUT2D eigenvalue weighted by Gasteiger charge is -1.97. The van der Waals surface area contributed by atoms with E-state index in [0.29, 0.717) is 12.0 Å². The van der Waals surface area contributed by atoms with E-state index in [-0.39, 0.29) is 5.69 Å². The molecule has 0 unspecified atom stereocenters. The molecule has 0 atom stereocenters. The molecule has 0 spiro atoms. The van der Waals surface area contributed by atoms with Crippen LogP contribution in [0, 0.1) is 0 Å². The predicted octanol–water partition coefficient (Wildman–Crippen LogP) is -0.0683. The van der Waals surface area contributed by atoms with Crippen molar-refractivity contribution in [3.8, 4) is 0 Å². The SMILES string of the molecule is [B]Cc1ccc(C(=O)OC)nn1. The molecule has 0 aliphatic rings. The third-order valence-electron chi connectivity index (χ3n) is 1.32.